The van der Waals surface area contributed by atoms with E-state index in [0.29, 0.717) is 11.5 Å². The van der Waals surface area contributed by atoms with Crippen LogP contribution in [0.2, 0.25) is 0 Å². The van der Waals surface area contributed by atoms with Crippen LogP contribution in [-0.4, -0.2) is 12.0 Å². The van der Waals surface area contributed by atoms with Crippen molar-refractivity contribution in [3.8, 4) is 0 Å². The van der Waals surface area contributed by atoms with Gasteiger partial charge in [-0.2, -0.15) is 0 Å². The van der Waals surface area contributed by atoms with Crippen LogP contribution in [0.1, 0.15) is 30.9 Å². The van der Waals surface area contributed by atoms with Gasteiger partial charge in [0.15, 0.2) is 0 Å². The molecule has 0 aliphatic rings. The van der Waals surface area contributed by atoms with Crippen LogP contribution in [0.25, 0.3) is 6.08 Å². The van der Waals surface area contributed by atoms with Gasteiger partial charge in [0.2, 0.25) is 0 Å². The van der Waals surface area contributed by atoms with Crippen LogP contribution in [0.15, 0.2) is 24.4 Å². The molecule has 0 radical (unpaired) electrons. The molecule has 1 rings (SSSR count). The Morgan fingerprint density at radius 2 is 1.94 bits per heavy atom. The average Bonchev–Trinajstić information content (AvgIpc) is 2.14. The van der Waals surface area contributed by atoms with E-state index in [1.807, 2.05) is 13.8 Å². The first kappa shape index (κ1) is 16.4. The number of aromatic nitrogens is 1. The summed E-state index contributed by atoms with van der Waals surface area (Å²) in [6, 6.07) is 1.59. The molecule has 1 nitrogen and oxygen atoms in total. The van der Waals surface area contributed by atoms with Crippen molar-refractivity contribution < 1.29 is 64.3 Å². The van der Waals surface area contributed by atoms with Gasteiger partial charge in [0.25, 0.3) is 0 Å². The van der Waals surface area contributed by atoms with Crippen molar-refractivity contribution >= 4 is 13.1 Å². The maximum absolute atomic E-state index is 12.0. The Morgan fingerprint density at radius 1 is 1.31 bits per heavy atom. The third-order valence-electron chi connectivity index (χ3n) is 2.00. The van der Waals surface area contributed by atoms with Gasteiger partial charge in [0, 0.05) is 12.4 Å². The molecule has 1 aromatic heterocycles. The summed E-state index contributed by atoms with van der Waals surface area (Å²) in [6.45, 7) is -1.02. The van der Waals surface area contributed by atoms with E-state index < -0.39 is 6.98 Å². The number of hydrogen-bond donors (Lipinski definition) is 0. The Kier molecular flexibility index (Phi) is 7.12. The Labute approximate surface area is 136 Å². The smallest absolute Gasteiger partial charge is 0.445 e. The summed E-state index contributed by atoms with van der Waals surface area (Å²) in [7, 11) is 0. The van der Waals surface area contributed by atoms with Gasteiger partial charge in [0.05, 0.1) is 0 Å². The molecular formula is C10H12BF3KN. The fourth-order valence-corrected chi connectivity index (χ4v) is 1.26. The van der Waals surface area contributed by atoms with E-state index in [0.717, 1.165) is 11.6 Å². The van der Waals surface area contributed by atoms with Crippen molar-refractivity contribution in [2.75, 3.05) is 0 Å². The standard InChI is InChI=1S/C10H12BF3N.K/c1-8(2)10-7-15-6-4-9(10)3-5-11(12,13)14;/h3-8H,1-2H3;/q-1;+1/b5-3+;. The fraction of sp³-hybridized carbons (Fsp3) is 0.300. The average molecular weight is 253 g/mol. The van der Waals surface area contributed by atoms with Gasteiger partial charge in [-0.3, -0.25) is 4.98 Å². The molecule has 0 atom stereocenters. The van der Waals surface area contributed by atoms with Gasteiger partial charge in [-0.1, -0.05) is 19.9 Å². The summed E-state index contributed by atoms with van der Waals surface area (Å²) in [5.74, 6) is 0.473. The molecule has 6 heteroatoms. The molecule has 0 N–H and O–H groups in total. The van der Waals surface area contributed by atoms with Crippen molar-refractivity contribution in [1.29, 1.82) is 0 Å². The van der Waals surface area contributed by atoms with E-state index in [4.69, 9.17) is 0 Å². The molecule has 0 aliphatic heterocycles. The maximum Gasteiger partial charge on any atom is 1.00 e. The molecule has 1 aromatic rings. The number of halogens is 3. The fourth-order valence-electron chi connectivity index (χ4n) is 1.26. The van der Waals surface area contributed by atoms with Gasteiger partial charge in [-0.05, 0) is 23.1 Å². The minimum absolute atomic E-state index is 0. The predicted octanol–water partition coefficient (Wildman–Crippen LogP) is 0.609. The summed E-state index contributed by atoms with van der Waals surface area (Å²) in [5, 5.41) is 0. The van der Waals surface area contributed by atoms with E-state index in [1.165, 1.54) is 6.20 Å². The quantitative estimate of drug-likeness (QED) is 0.719. The first-order valence-corrected chi connectivity index (χ1v) is 4.73. The molecule has 0 fully saturated rings. The second-order valence-electron chi connectivity index (χ2n) is 3.64. The summed E-state index contributed by atoms with van der Waals surface area (Å²) < 4.78 is 36.1. The zero-order chi connectivity index (χ0) is 11.5. The second kappa shape index (κ2) is 6.96. The number of rotatable bonds is 3. The molecular weight excluding hydrogens is 241 g/mol. The van der Waals surface area contributed by atoms with Crippen molar-refractivity contribution in [2.24, 2.45) is 0 Å². The van der Waals surface area contributed by atoms with Gasteiger partial charge < -0.3 is 12.9 Å². The first-order chi connectivity index (χ1) is 6.90. The Morgan fingerprint density at radius 3 is 2.44 bits per heavy atom. The molecule has 1 heterocycles. The van der Waals surface area contributed by atoms with Crippen LogP contribution in [0.3, 0.4) is 0 Å². The van der Waals surface area contributed by atoms with E-state index in [-0.39, 0.29) is 57.3 Å². The van der Waals surface area contributed by atoms with Crippen molar-refractivity contribution in [3.63, 3.8) is 0 Å². The number of hydrogen-bond acceptors (Lipinski definition) is 1. The van der Waals surface area contributed by atoms with E-state index in [2.05, 4.69) is 4.98 Å². The van der Waals surface area contributed by atoms with Crippen molar-refractivity contribution in [1.82, 2.24) is 4.98 Å². The normalized spacial score (nSPS) is 11.9. The number of nitrogens with zero attached hydrogens (tertiary/aromatic N) is 1. The molecule has 0 aliphatic carbocycles. The predicted molar refractivity (Wildman–Crippen MR) is 56.4 cm³/mol. The minimum atomic E-state index is -4.87. The maximum atomic E-state index is 12.0. The molecule has 0 amide bonds. The van der Waals surface area contributed by atoms with Gasteiger partial charge in [-0.25, -0.2) is 0 Å². The third-order valence-corrected chi connectivity index (χ3v) is 2.00. The largest absolute Gasteiger partial charge is 1.00 e. The molecule has 82 valence electrons. The minimum Gasteiger partial charge on any atom is -0.445 e. The topological polar surface area (TPSA) is 12.9 Å². The zero-order valence-corrected chi connectivity index (χ0v) is 12.7. The summed E-state index contributed by atoms with van der Waals surface area (Å²) >= 11 is 0. The van der Waals surface area contributed by atoms with Crippen LogP contribution in [-0.2, 0) is 0 Å². The molecule has 16 heavy (non-hydrogen) atoms. The second-order valence-corrected chi connectivity index (χ2v) is 3.64. The van der Waals surface area contributed by atoms with E-state index in [1.54, 1.807) is 12.3 Å². The monoisotopic (exact) mass is 253 g/mol. The Balaban J connectivity index is 0.00000225. The number of pyridine rings is 1. The molecule has 0 aromatic carbocycles. The van der Waals surface area contributed by atoms with Crippen LogP contribution in [0.5, 0.6) is 0 Å². The molecule has 0 spiro atoms. The molecule has 0 bridgehead atoms. The Bertz CT molecular complexity index is 363. The third kappa shape index (κ3) is 5.63. The van der Waals surface area contributed by atoms with Crippen LogP contribution >= 0.6 is 0 Å². The van der Waals surface area contributed by atoms with Crippen molar-refractivity contribution in [2.45, 2.75) is 19.8 Å². The van der Waals surface area contributed by atoms with Crippen LogP contribution in [0, 0.1) is 0 Å². The Hall–Kier alpha value is 0.381. The molecule has 0 unspecified atom stereocenters. The van der Waals surface area contributed by atoms with Crippen LogP contribution in [0.4, 0.5) is 12.9 Å². The van der Waals surface area contributed by atoms with Gasteiger partial charge in [0.1, 0.15) is 0 Å². The summed E-state index contributed by atoms with van der Waals surface area (Å²) in [5.41, 5.74) is 1.41. The summed E-state index contributed by atoms with van der Waals surface area (Å²) in [4.78, 5) is 3.90. The zero-order valence-electron chi connectivity index (χ0n) is 9.62. The summed E-state index contributed by atoms with van der Waals surface area (Å²) in [6.07, 6.45) is 4.21. The van der Waals surface area contributed by atoms with Gasteiger partial charge in [-0.15, -0.1) is 5.98 Å². The SMILES string of the molecule is CC(C)c1cnccc1/C=C/[B-](F)(F)F.[K+]. The molecule has 0 saturated heterocycles. The van der Waals surface area contributed by atoms with Crippen LogP contribution < -0.4 is 51.4 Å². The van der Waals surface area contributed by atoms with Gasteiger partial charge >= 0.3 is 58.4 Å². The molecule has 0 saturated carbocycles. The van der Waals surface area contributed by atoms with E-state index in [9.17, 15) is 12.9 Å². The van der Waals surface area contributed by atoms with Crippen molar-refractivity contribution in [3.05, 3.63) is 35.6 Å². The van der Waals surface area contributed by atoms with E-state index >= 15 is 0 Å². The first-order valence-electron chi connectivity index (χ1n) is 4.73.